The summed E-state index contributed by atoms with van der Waals surface area (Å²) in [4.78, 5) is 4.26. The van der Waals surface area contributed by atoms with Crippen molar-refractivity contribution in [2.75, 3.05) is 5.32 Å². The standard InChI is InChI=1S/C11H14BrCl2N3/c1-11(2,3)17-10(15)16-9-7(13)4-6(12)5-8(9)14/h4-5H,1-3H3,(H3,15,16,17). The lowest BCUT2D eigenvalue weighted by Crippen LogP contribution is -2.27. The van der Waals surface area contributed by atoms with Gasteiger partial charge in [-0.1, -0.05) is 39.1 Å². The summed E-state index contributed by atoms with van der Waals surface area (Å²) in [6.07, 6.45) is 0. The summed E-state index contributed by atoms with van der Waals surface area (Å²) in [6, 6.07) is 3.47. The molecule has 0 saturated heterocycles. The average Bonchev–Trinajstić information content (AvgIpc) is 2.08. The van der Waals surface area contributed by atoms with E-state index in [0.717, 1.165) is 4.47 Å². The Bertz CT molecular complexity index is 430. The van der Waals surface area contributed by atoms with Crippen LogP contribution in [0.1, 0.15) is 20.8 Å². The second-order valence-corrected chi connectivity index (χ2v) is 6.27. The van der Waals surface area contributed by atoms with E-state index in [0.29, 0.717) is 15.7 Å². The van der Waals surface area contributed by atoms with Gasteiger partial charge >= 0.3 is 0 Å². The molecule has 3 N–H and O–H groups in total. The maximum atomic E-state index is 6.06. The third kappa shape index (κ3) is 4.74. The molecule has 6 heteroatoms. The van der Waals surface area contributed by atoms with Crippen LogP contribution < -0.4 is 11.1 Å². The largest absolute Gasteiger partial charge is 0.370 e. The molecule has 17 heavy (non-hydrogen) atoms. The number of rotatable bonds is 1. The number of benzene rings is 1. The summed E-state index contributed by atoms with van der Waals surface area (Å²) in [5.74, 6) is 0.281. The highest BCUT2D eigenvalue weighted by atomic mass is 79.9. The maximum absolute atomic E-state index is 6.06. The Labute approximate surface area is 120 Å². The molecule has 0 aliphatic heterocycles. The van der Waals surface area contributed by atoms with Crippen LogP contribution in [0.15, 0.2) is 21.6 Å². The quantitative estimate of drug-likeness (QED) is 0.593. The number of nitrogens with one attached hydrogen (secondary N) is 1. The minimum absolute atomic E-state index is 0.259. The molecule has 94 valence electrons. The molecule has 0 heterocycles. The van der Waals surface area contributed by atoms with Gasteiger partial charge in [-0.2, -0.15) is 0 Å². The van der Waals surface area contributed by atoms with E-state index in [2.05, 4.69) is 26.2 Å². The third-order valence-corrected chi connectivity index (χ3v) is 2.77. The molecule has 0 spiro atoms. The molecule has 0 amide bonds. The molecular formula is C11H14BrCl2N3. The van der Waals surface area contributed by atoms with E-state index in [9.17, 15) is 0 Å². The van der Waals surface area contributed by atoms with Crippen LogP contribution in [0.5, 0.6) is 0 Å². The number of hydrogen-bond acceptors (Lipinski definition) is 1. The summed E-state index contributed by atoms with van der Waals surface area (Å²) < 4.78 is 0.810. The Morgan fingerprint density at radius 3 is 2.18 bits per heavy atom. The number of nitrogens with zero attached hydrogens (tertiary/aromatic N) is 1. The van der Waals surface area contributed by atoms with Crippen LogP contribution in [0.4, 0.5) is 5.69 Å². The Morgan fingerprint density at radius 2 is 1.76 bits per heavy atom. The van der Waals surface area contributed by atoms with Gasteiger partial charge in [0.05, 0.1) is 21.3 Å². The van der Waals surface area contributed by atoms with Gasteiger partial charge < -0.3 is 11.1 Å². The number of anilines is 1. The molecule has 1 aromatic rings. The van der Waals surface area contributed by atoms with Crippen LogP contribution in [-0.2, 0) is 0 Å². The van der Waals surface area contributed by atoms with Crippen LogP contribution in [0.3, 0.4) is 0 Å². The highest BCUT2D eigenvalue weighted by Crippen LogP contribution is 2.33. The molecule has 0 bridgehead atoms. The predicted octanol–water partition coefficient (Wildman–Crippen LogP) is 4.28. The third-order valence-electron chi connectivity index (χ3n) is 1.72. The SMILES string of the molecule is CC(C)(C)N=C(N)Nc1c(Cl)cc(Br)cc1Cl. The average molecular weight is 339 g/mol. The topological polar surface area (TPSA) is 50.4 Å². The molecule has 0 unspecified atom stereocenters. The monoisotopic (exact) mass is 337 g/mol. The maximum Gasteiger partial charge on any atom is 0.193 e. The van der Waals surface area contributed by atoms with E-state index < -0.39 is 0 Å². The molecule has 0 atom stereocenters. The van der Waals surface area contributed by atoms with Gasteiger partial charge in [0, 0.05) is 4.47 Å². The van der Waals surface area contributed by atoms with Gasteiger partial charge in [0.2, 0.25) is 0 Å². The zero-order valence-electron chi connectivity index (χ0n) is 9.81. The van der Waals surface area contributed by atoms with E-state index in [1.807, 2.05) is 20.8 Å². The van der Waals surface area contributed by atoms with Crippen molar-refractivity contribution in [3.05, 3.63) is 26.7 Å². The predicted molar refractivity (Wildman–Crippen MR) is 79.2 cm³/mol. The van der Waals surface area contributed by atoms with Gasteiger partial charge in [-0.15, -0.1) is 0 Å². The summed E-state index contributed by atoms with van der Waals surface area (Å²) in [5, 5.41) is 3.87. The number of hydrogen-bond donors (Lipinski definition) is 2. The van der Waals surface area contributed by atoms with Gasteiger partial charge in [0.1, 0.15) is 0 Å². The fraction of sp³-hybridized carbons (Fsp3) is 0.364. The molecule has 0 aliphatic rings. The van der Waals surface area contributed by atoms with Crippen molar-refractivity contribution in [1.29, 1.82) is 0 Å². The van der Waals surface area contributed by atoms with Crippen LogP contribution in [-0.4, -0.2) is 11.5 Å². The van der Waals surface area contributed by atoms with Gasteiger partial charge in [-0.05, 0) is 32.9 Å². The van der Waals surface area contributed by atoms with Crippen molar-refractivity contribution < 1.29 is 0 Å². The second-order valence-electron chi connectivity index (χ2n) is 4.54. The molecule has 0 fully saturated rings. The summed E-state index contributed by atoms with van der Waals surface area (Å²) in [7, 11) is 0. The highest BCUT2D eigenvalue weighted by Gasteiger charge is 2.11. The van der Waals surface area contributed by atoms with Crippen molar-refractivity contribution in [2.45, 2.75) is 26.3 Å². The molecule has 0 aromatic heterocycles. The molecule has 1 aromatic carbocycles. The van der Waals surface area contributed by atoms with E-state index in [1.165, 1.54) is 0 Å². The fourth-order valence-electron chi connectivity index (χ4n) is 1.18. The summed E-state index contributed by atoms with van der Waals surface area (Å²) in [5.41, 5.74) is 6.08. The van der Waals surface area contributed by atoms with Crippen LogP contribution in [0, 0.1) is 0 Å². The minimum atomic E-state index is -0.259. The molecule has 0 aliphatic carbocycles. The first-order valence-corrected chi connectivity index (χ1v) is 6.51. The van der Waals surface area contributed by atoms with Crippen molar-refractivity contribution >= 4 is 50.8 Å². The fourth-order valence-corrected chi connectivity index (χ4v) is 2.48. The van der Waals surface area contributed by atoms with Crippen molar-refractivity contribution in [2.24, 2.45) is 10.7 Å². The van der Waals surface area contributed by atoms with Crippen LogP contribution in [0.2, 0.25) is 10.0 Å². The van der Waals surface area contributed by atoms with Gasteiger partial charge in [0.15, 0.2) is 5.96 Å². The Balaban J connectivity index is 3.01. The molecule has 3 nitrogen and oxygen atoms in total. The summed E-state index contributed by atoms with van der Waals surface area (Å²) >= 11 is 15.4. The van der Waals surface area contributed by atoms with Gasteiger partial charge in [-0.25, -0.2) is 4.99 Å². The van der Waals surface area contributed by atoms with Gasteiger partial charge in [0.25, 0.3) is 0 Å². The molecule has 0 radical (unpaired) electrons. The molecule has 0 saturated carbocycles. The van der Waals surface area contributed by atoms with Crippen molar-refractivity contribution in [1.82, 2.24) is 0 Å². The molecule has 1 rings (SSSR count). The van der Waals surface area contributed by atoms with E-state index in [1.54, 1.807) is 12.1 Å². The number of nitrogens with two attached hydrogens (primary N) is 1. The van der Waals surface area contributed by atoms with Crippen molar-refractivity contribution in [3.8, 4) is 0 Å². The lowest BCUT2D eigenvalue weighted by atomic mass is 10.1. The lowest BCUT2D eigenvalue weighted by Gasteiger charge is -2.16. The Morgan fingerprint density at radius 1 is 1.29 bits per heavy atom. The van der Waals surface area contributed by atoms with E-state index in [4.69, 9.17) is 28.9 Å². The number of aliphatic imine (C=N–C) groups is 1. The number of guanidine groups is 1. The Hall–Kier alpha value is -0.450. The van der Waals surface area contributed by atoms with E-state index >= 15 is 0 Å². The van der Waals surface area contributed by atoms with Crippen LogP contribution >= 0.6 is 39.1 Å². The first-order chi connectivity index (χ1) is 7.69. The first-order valence-electron chi connectivity index (χ1n) is 4.96. The highest BCUT2D eigenvalue weighted by molar-refractivity contribution is 9.10. The van der Waals surface area contributed by atoms with Crippen molar-refractivity contribution in [3.63, 3.8) is 0 Å². The summed E-state index contributed by atoms with van der Waals surface area (Å²) in [6.45, 7) is 5.85. The van der Waals surface area contributed by atoms with Gasteiger partial charge in [-0.3, -0.25) is 0 Å². The molecular weight excluding hydrogens is 325 g/mol. The smallest absolute Gasteiger partial charge is 0.193 e. The van der Waals surface area contributed by atoms with Crippen LogP contribution in [0.25, 0.3) is 0 Å². The lowest BCUT2D eigenvalue weighted by molar-refractivity contribution is 0.583. The number of halogens is 3. The van der Waals surface area contributed by atoms with E-state index in [-0.39, 0.29) is 11.5 Å². The second kappa shape index (κ2) is 5.46. The zero-order chi connectivity index (χ0) is 13.2. The zero-order valence-corrected chi connectivity index (χ0v) is 12.9. The normalized spacial score (nSPS) is 12.7. The minimum Gasteiger partial charge on any atom is -0.370 e. The Kier molecular flexibility index (Phi) is 4.69. The first kappa shape index (κ1) is 14.6.